The Morgan fingerprint density at radius 1 is 1.05 bits per heavy atom. The zero-order chi connectivity index (χ0) is 27.9. The summed E-state index contributed by atoms with van der Waals surface area (Å²) in [4.78, 5) is 17.0. The van der Waals surface area contributed by atoms with Crippen LogP contribution in [0.5, 0.6) is 5.75 Å². The van der Waals surface area contributed by atoms with Crippen LogP contribution in [0.2, 0.25) is 10.0 Å². The predicted octanol–water partition coefficient (Wildman–Crippen LogP) is 6.43. The predicted molar refractivity (Wildman–Crippen MR) is 156 cm³/mol. The SMILES string of the molecule is COc1ccc(-n2c(Cc3ccccc3)nnc2SCc2nc(C(=O)NCCc3ccc(Cl)cc3Cl)co2)cc1. The van der Waals surface area contributed by atoms with Gasteiger partial charge in [-0.05, 0) is 53.9 Å². The Balaban J connectivity index is 1.25. The zero-order valence-corrected chi connectivity index (χ0v) is 23.8. The van der Waals surface area contributed by atoms with Gasteiger partial charge < -0.3 is 14.5 Å². The van der Waals surface area contributed by atoms with Crippen molar-refractivity contribution in [2.45, 2.75) is 23.8 Å². The van der Waals surface area contributed by atoms with Gasteiger partial charge in [-0.3, -0.25) is 9.36 Å². The number of halogens is 2. The molecule has 0 bridgehead atoms. The molecule has 0 aliphatic carbocycles. The van der Waals surface area contributed by atoms with Crippen molar-refractivity contribution >= 4 is 40.9 Å². The molecule has 40 heavy (non-hydrogen) atoms. The molecule has 11 heteroatoms. The van der Waals surface area contributed by atoms with E-state index in [0.717, 1.165) is 28.4 Å². The highest BCUT2D eigenvalue weighted by molar-refractivity contribution is 7.98. The van der Waals surface area contributed by atoms with E-state index in [2.05, 4.69) is 32.6 Å². The molecule has 1 amide bonds. The normalized spacial score (nSPS) is 11.0. The van der Waals surface area contributed by atoms with Crippen LogP contribution in [-0.4, -0.2) is 39.3 Å². The summed E-state index contributed by atoms with van der Waals surface area (Å²) < 4.78 is 12.9. The van der Waals surface area contributed by atoms with Crippen LogP contribution in [0.1, 0.15) is 33.3 Å². The van der Waals surface area contributed by atoms with Crippen LogP contribution in [-0.2, 0) is 18.6 Å². The Labute approximate surface area is 245 Å². The lowest BCUT2D eigenvalue weighted by atomic mass is 10.1. The van der Waals surface area contributed by atoms with Crippen LogP contribution in [0.15, 0.2) is 88.6 Å². The number of rotatable bonds is 11. The lowest BCUT2D eigenvalue weighted by Crippen LogP contribution is -2.26. The molecule has 0 fully saturated rings. The molecule has 204 valence electrons. The number of aromatic nitrogens is 4. The molecule has 3 aromatic carbocycles. The fraction of sp³-hybridized carbons (Fsp3) is 0.172. The number of oxazole rings is 1. The first-order valence-corrected chi connectivity index (χ1v) is 14.2. The molecule has 0 saturated carbocycles. The van der Waals surface area contributed by atoms with Crippen molar-refractivity contribution in [2.24, 2.45) is 0 Å². The number of ether oxygens (including phenoxy) is 1. The van der Waals surface area contributed by atoms with Crippen molar-refractivity contribution in [3.8, 4) is 11.4 Å². The van der Waals surface area contributed by atoms with Crippen LogP contribution in [0.25, 0.3) is 5.69 Å². The summed E-state index contributed by atoms with van der Waals surface area (Å²) in [5.41, 5.74) is 3.14. The van der Waals surface area contributed by atoms with E-state index in [-0.39, 0.29) is 11.6 Å². The number of nitrogens with one attached hydrogen (secondary N) is 1. The van der Waals surface area contributed by atoms with E-state index in [4.69, 9.17) is 32.4 Å². The van der Waals surface area contributed by atoms with Crippen molar-refractivity contribution in [3.63, 3.8) is 0 Å². The maximum absolute atomic E-state index is 12.6. The number of methoxy groups -OCH3 is 1. The van der Waals surface area contributed by atoms with Gasteiger partial charge in [-0.15, -0.1) is 10.2 Å². The molecule has 0 unspecified atom stereocenters. The van der Waals surface area contributed by atoms with Gasteiger partial charge in [0.25, 0.3) is 5.91 Å². The third kappa shape index (κ3) is 6.85. The number of hydrogen-bond acceptors (Lipinski definition) is 7. The van der Waals surface area contributed by atoms with Gasteiger partial charge in [0.15, 0.2) is 10.9 Å². The first kappa shape index (κ1) is 27.8. The van der Waals surface area contributed by atoms with E-state index >= 15 is 0 Å². The summed E-state index contributed by atoms with van der Waals surface area (Å²) in [5, 5.41) is 13.6. The molecule has 5 aromatic rings. The second-order valence-corrected chi connectivity index (χ2v) is 10.5. The molecule has 0 saturated heterocycles. The molecular formula is C29H25Cl2N5O3S. The Hall–Kier alpha value is -3.79. The lowest BCUT2D eigenvalue weighted by Gasteiger charge is -2.11. The molecule has 5 rings (SSSR count). The van der Waals surface area contributed by atoms with Crippen LogP contribution in [0.4, 0.5) is 0 Å². The average Bonchev–Trinajstić information content (AvgIpc) is 3.61. The van der Waals surface area contributed by atoms with Crippen LogP contribution < -0.4 is 10.1 Å². The van der Waals surface area contributed by atoms with E-state index in [0.29, 0.717) is 46.2 Å². The topological polar surface area (TPSA) is 95.1 Å². The van der Waals surface area contributed by atoms with Gasteiger partial charge in [0.1, 0.15) is 17.8 Å². The minimum absolute atomic E-state index is 0.208. The summed E-state index contributed by atoms with van der Waals surface area (Å²) in [7, 11) is 1.63. The quantitative estimate of drug-likeness (QED) is 0.176. The second-order valence-electron chi connectivity index (χ2n) is 8.75. The van der Waals surface area contributed by atoms with Gasteiger partial charge in [0.05, 0.1) is 12.9 Å². The van der Waals surface area contributed by atoms with Crippen molar-refractivity contribution in [3.05, 3.63) is 118 Å². The van der Waals surface area contributed by atoms with Crippen molar-refractivity contribution in [1.82, 2.24) is 25.1 Å². The highest BCUT2D eigenvalue weighted by atomic mass is 35.5. The Kier molecular flexibility index (Phi) is 9.05. The lowest BCUT2D eigenvalue weighted by molar-refractivity contribution is 0.0949. The fourth-order valence-electron chi connectivity index (χ4n) is 4.01. The van der Waals surface area contributed by atoms with Gasteiger partial charge >= 0.3 is 0 Å². The number of hydrogen-bond donors (Lipinski definition) is 1. The summed E-state index contributed by atoms with van der Waals surface area (Å²) in [6.07, 6.45) is 2.54. The van der Waals surface area contributed by atoms with Gasteiger partial charge in [0.2, 0.25) is 5.89 Å². The van der Waals surface area contributed by atoms with E-state index in [1.807, 2.05) is 53.1 Å². The Morgan fingerprint density at radius 3 is 2.60 bits per heavy atom. The monoisotopic (exact) mass is 593 g/mol. The number of carbonyl (C=O) groups excluding carboxylic acids is 1. The van der Waals surface area contributed by atoms with Gasteiger partial charge in [0, 0.05) is 28.7 Å². The standard InChI is InChI=1S/C29H25Cl2N5O3S/c1-38-23-11-9-22(10-12-23)36-26(15-19-5-3-2-4-6-19)34-35-29(36)40-18-27-33-25(17-39-27)28(37)32-14-13-20-7-8-21(30)16-24(20)31/h2-12,16-17H,13-15,18H2,1H3,(H,32,37). The molecular weight excluding hydrogens is 569 g/mol. The molecule has 0 spiro atoms. The molecule has 0 aliphatic heterocycles. The smallest absolute Gasteiger partial charge is 0.273 e. The maximum atomic E-state index is 12.6. The van der Waals surface area contributed by atoms with Crippen molar-refractivity contribution in [1.29, 1.82) is 0 Å². The summed E-state index contributed by atoms with van der Waals surface area (Å²) in [6.45, 7) is 0.395. The van der Waals surface area contributed by atoms with Gasteiger partial charge in [-0.25, -0.2) is 4.98 Å². The molecule has 2 heterocycles. The fourth-order valence-corrected chi connectivity index (χ4v) is 5.34. The number of amides is 1. The number of thioether (sulfide) groups is 1. The summed E-state index contributed by atoms with van der Waals surface area (Å²) in [5.74, 6) is 2.01. The number of nitrogens with zero attached hydrogens (tertiary/aromatic N) is 4. The largest absolute Gasteiger partial charge is 0.497 e. The molecule has 0 aliphatic rings. The summed E-state index contributed by atoms with van der Waals surface area (Å²) >= 11 is 13.6. The molecule has 0 radical (unpaired) electrons. The average molecular weight is 595 g/mol. The van der Waals surface area contributed by atoms with Crippen molar-refractivity contribution in [2.75, 3.05) is 13.7 Å². The minimum Gasteiger partial charge on any atom is -0.497 e. The zero-order valence-electron chi connectivity index (χ0n) is 21.5. The van der Waals surface area contributed by atoms with Gasteiger partial charge in [-0.2, -0.15) is 0 Å². The maximum Gasteiger partial charge on any atom is 0.273 e. The van der Waals surface area contributed by atoms with E-state index < -0.39 is 0 Å². The Bertz CT molecular complexity index is 1590. The molecule has 1 N–H and O–H groups in total. The Morgan fingerprint density at radius 2 is 1.85 bits per heavy atom. The van der Waals surface area contributed by atoms with E-state index in [9.17, 15) is 4.79 Å². The number of carbonyl (C=O) groups is 1. The first-order valence-electron chi connectivity index (χ1n) is 12.4. The van der Waals surface area contributed by atoms with Crippen LogP contribution >= 0.6 is 35.0 Å². The highest BCUT2D eigenvalue weighted by Crippen LogP contribution is 2.27. The highest BCUT2D eigenvalue weighted by Gasteiger charge is 2.18. The number of benzene rings is 3. The third-order valence-corrected chi connectivity index (χ3v) is 7.54. The minimum atomic E-state index is -0.323. The van der Waals surface area contributed by atoms with E-state index in [1.54, 1.807) is 19.2 Å². The third-order valence-electron chi connectivity index (χ3n) is 6.04. The van der Waals surface area contributed by atoms with Crippen molar-refractivity contribution < 1.29 is 13.9 Å². The summed E-state index contributed by atoms with van der Waals surface area (Å²) in [6, 6.07) is 23.1. The molecule has 2 aromatic heterocycles. The molecule has 8 nitrogen and oxygen atoms in total. The first-order chi connectivity index (χ1) is 19.5. The second kappa shape index (κ2) is 13.0. The van der Waals surface area contributed by atoms with Crippen LogP contribution in [0.3, 0.4) is 0 Å². The molecule has 0 atom stereocenters. The van der Waals surface area contributed by atoms with Gasteiger partial charge in [-0.1, -0.05) is 71.4 Å². The van der Waals surface area contributed by atoms with E-state index in [1.165, 1.54) is 18.0 Å². The van der Waals surface area contributed by atoms with Crippen LogP contribution in [0, 0.1) is 0 Å².